The fourth-order valence-electron chi connectivity index (χ4n) is 4.12. The molecule has 4 N–H and O–H groups in total. The van der Waals surface area contributed by atoms with Gasteiger partial charge in [-0.05, 0) is 63.2 Å². The van der Waals surface area contributed by atoms with Crippen molar-refractivity contribution < 1.29 is 30.9 Å². The molecule has 0 saturated carbocycles. The normalized spacial score (nSPS) is 17.1. The van der Waals surface area contributed by atoms with E-state index in [4.69, 9.17) is 10.1 Å². The average Bonchev–Trinajstić information content (AvgIpc) is 3.37. The van der Waals surface area contributed by atoms with Gasteiger partial charge in [0.2, 0.25) is 25.6 Å². The predicted molar refractivity (Wildman–Crippen MR) is 157 cm³/mol. The van der Waals surface area contributed by atoms with Crippen molar-refractivity contribution in [3.05, 3.63) is 83.8 Å². The molecule has 43 heavy (non-hydrogen) atoms. The van der Waals surface area contributed by atoms with Gasteiger partial charge in [-0.25, -0.2) is 35.7 Å². The van der Waals surface area contributed by atoms with Crippen molar-refractivity contribution in [3.63, 3.8) is 0 Å². The van der Waals surface area contributed by atoms with Crippen molar-refractivity contribution >= 4 is 37.5 Å². The molecule has 0 fully saturated rings. The third-order valence-corrected chi connectivity index (χ3v) is 8.52. The lowest BCUT2D eigenvalue weighted by Gasteiger charge is -2.24. The van der Waals surface area contributed by atoms with Gasteiger partial charge in [0.05, 0.1) is 29.0 Å². The number of benzene rings is 2. The van der Waals surface area contributed by atoms with E-state index in [0.29, 0.717) is 16.7 Å². The van der Waals surface area contributed by atoms with Crippen LogP contribution in [0.4, 0.5) is 10.2 Å². The Kier molecular flexibility index (Phi) is 8.72. The molecule has 1 aliphatic rings. The summed E-state index contributed by atoms with van der Waals surface area (Å²) in [6, 6.07) is 14.9. The van der Waals surface area contributed by atoms with Crippen LogP contribution >= 0.6 is 0 Å². The van der Waals surface area contributed by atoms with E-state index >= 15 is 0 Å². The first-order valence-corrected chi connectivity index (χ1v) is 16.1. The number of amides is 1. The van der Waals surface area contributed by atoms with E-state index in [0.717, 1.165) is 12.3 Å². The fourth-order valence-corrected chi connectivity index (χ4v) is 6.25. The predicted octanol–water partition coefficient (Wildman–Crippen LogP) is 2.64. The number of anilines is 1. The standard InChI is InChI=1S/C28H29FN6O6S2/c1-27(2,3)35-43(39,40)24-8-6-5-7-21(24)19-10-12-25(31-16-19)33-26(36)28(17-32-42(4,37)38)14-23(34-41-28)18-9-11-22(29)20(13-18)15-30/h5-14,16,32,34-35H,17H2,1-4H3,(H,31,33,36). The molecule has 0 saturated heterocycles. The second-order valence-electron chi connectivity index (χ2n) is 10.8. The Morgan fingerprint density at radius 3 is 2.42 bits per heavy atom. The Hall–Kier alpha value is -4.20. The van der Waals surface area contributed by atoms with Gasteiger partial charge in [0, 0.05) is 28.4 Å². The summed E-state index contributed by atoms with van der Waals surface area (Å²) >= 11 is 0. The molecule has 0 aliphatic carbocycles. The van der Waals surface area contributed by atoms with Crippen LogP contribution in [0.2, 0.25) is 0 Å². The minimum Gasteiger partial charge on any atom is -0.308 e. The van der Waals surface area contributed by atoms with Gasteiger partial charge in [-0.1, -0.05) is 18.2 Å². The minimum atomic E-state index is -3.87. The summed E-state index contributed by atoms with van der Waals surface area (Å²) in [5, 5.41) is 11.7. The minimum absolute atomic E-state index is 0.0535. The smallest absolute Gasteiger partial charge is 0.266 e. The Labute approximate surface area is 249 Å². The number of rotatable bonds is 9. The largest absolute Gasteiger partial charge is 0.308 e. The van der Waals surface area contributed by atoms with Crippen LogP contribution in [-0.2, 0) is 29.7 Å². The molecule has 0 radical (unpaired) electrons. The monoisotopic (exact) mass is 628 g/mol. The Balaban J connectivity index is 1.63. The topological polar surface area (TPSA) is 179 Å². The molecule has 0 spiro atoms. The van der Waals surface area contributed by atoms with Crippen LogP contribution in [-0.4, -0.2) is 51.7 Å². The maximum absolute atomic E-state index is 13.8. The van der Waals surface area contributed by atoms with Crippen molar-refractivity contribution in [1.82, 2.24) is 19.9 Å². The zero-order valence-electron chi connectivity index (χ0n) is 23.6. The van der Waals surface area contributed by atoms with Crippen LogP contribution in [0.3, 0.4) is 0 Å². The van der Waals surface area contributed by atoms with Crippen LogP contribution in [0, 0.1) is 17.1 Å². The van der Waals surface area contributed by atoms with Gasteiger partial charge in [-0.15, -0.1) is 0 Å². The number of nitrogens with one attached hydrogen (secondary N) is 4. The molecule has 1 aromatic heterocycles. The highest BCUT2D eigenvalue weighted by molar-refractivity contribution is 7.89. The maximum atomic E-state index is 13.8. The van der Waals surface area contributed by atoms with Crippen LogP contribution < -0.4 is 20.2 Å². The number of carbonyl (C=O) groups is 1. The third-order valence-electron chi connectivity index (χ3n) is 6.03. The number of nitrogens with zero attached hydrogens (tertiary/aromatic N) is 2. The van der Waals surface area contributed by atoms with Gasteiger partial charge < -0.3 is 5.32 Å². The Bertz CT molecular complexity index is 1850. The first-order chi connectivity index (χ1) is 20.0. The van der Waals surface area contributed by atoms with Gasteiger partial charge in [0.1, 0.15) is 17.7 Å². The second kappa shape index (κ2) is 11.8. The van der Waals surface area contributed by atoms with Gasteiger partial charge >= 0.3 is 0 Å². The first kappa shape index (κ1) is 31.7. The van der Waals surface area contributed by atoms with Crippen LogP contribution in [0.15, 0.2) is 71.8 Å². The summed E-state index contributed by atoms with van der Waals surface area (Å²) in [4.78, 5) is 23.4. The summed E-state index contributed by atoms with van der Waals surface area (Å²) in [7, 11) is -7.62. The molecule has 4 rings (SSSR count). The molecular weight excluding hydrogens is 599 g/mol. The van der Waals surface area contributed by atoms with E-state index in [1.807, 2.05) is 0 Å². The number of pyridine rings is 1. The van der Waals surface area contributed by atoms with Crippen molar-refractivity contribution in [2.45, 2.75) is 36.8 Å². The lowest BCUT2D eigenvalue weighted by molar-refractivity contribution is -0.137. The van der Waals surface area contributed by atoms with Crippen LogP contribution in [0.25, 0.3) is 16.8 Å². The van der Waals surface area contributed by atoms with Gasteiger partial charge in [-0.2, -0.15) is 5.26 Å². The molecule has 2 heterocycles. The highest BCUT2D eigenvalue weighted by atomic mass is 32.2. The summed E-state index contributed by atoms with van der Waals surface area (Å²) in [6.07, 6.45) is 3.62. The van der Waals surface area contributed by atoms with E-state index in [1.54, 1.807) is 51.1 Å². The van der Waals surface area contributed by atoms with E-state index in [2.05, 4.69) is 25.2 Å². The molecule has 1 amide bonds. The van der Waals surface area contributed by atoms with E-state index < -0.39 is 49.5 Å². The Morgan fingerprint density at radius 2 is 1.79 bits per heavy atom. The summed E-state index contributed by atoms with van der Waals surface area (Å²) in [5.74, 6) is -1.46. The molecule has 1 aliphatic heterocycles. The van der Waals surface area contributed by atoms with Crippen molar-refractivity contribution in [2.24, 2.45) is 0 Å². The highest BCUT2D eigenvalue weighted by Crippen LogP contribution is 2.30. The number of halogens is 1. The molecule has 1 unspecified atom stereocenters. The van der Waals surface area contributed by atoms with E-state index in [-0.39, 0.29) is 22.0 Å². The fraction of sp³-hybridized carbons (Fsp3) is 0.250. The molecule has 1 atom stereocenters. The molecular formula is C28H29FN6O6S2. The number of hydroxylamine groups is 1. The SMILES string of the molecule is CC(C)(C)NS(=O)(=O)c1ccccc1-c1ccc(NC(=O)C2(CNS(C)(=O)=O)C=C(c3ccc(F)c(C#N)c3)NO2)nc1. The number of nitriles is 1. The molecule has 2 aromatic carbocycles. The summed E-state index contributed by atoms with van der Waals surface area (Å²) in [5.41, 5.74) is 1.09. The van der Waals surface area contributed by atoms with Crippen LogP contribution in [0.5, 0.6) is 0 Å². The van der Waals surface area contributed by atoms with Crippen molar-refractivity contribution in [1.29, 1.82) is 5.26 Å². The van der Waals surface area contributed by atoms with Crippen molar-refractivity contribution in [3.8, 4) is 17.2 Å². The summed E-state index contributed by atoms with van der Waals surface area (Å²) < 4.78 is 68.5. The molecule has 0 bridgehead atoms. The quantitative estimate of drug-likeness (QED) is 0.277. The van der Waals surface area contributed by atoms with Crippen molar-refractivity contribution in [2.75, 3.05) is 18.1 Å². The average molecular weight is 629 g/mol. The van der Waals surface area contributed by atoms with Gasteiger partial charge in [0.25, 0.3) is 5.91 Å². The molecule has 12 nitrogen and oxygen atoms in total. The molecule has 15 heteroatoms. The third kappa shape index (κ3) is 7.61. The zero-order valence-corrected chi connectivity index (χ0v) is 25.2. The van der Waals surface area contributed by atoms with E-state index in [1.165, 1.54) is 36.5 Å². The second-order valence-corrected chi connectivity index (χ2v) is 14.3. The highest BCUT2D eigenvalue weighted by Gasteiger charge is 2.44. The zero-order chi connectivity index (χ0) is 31.6. The molecule has 226 valence electrons. The number of carbonyl (C=O) groups excluding carboxylic acids is 1. The first-order valence-electron chi connectivity index (χ1n) is 12.7. The lowest BCUT2D eigenvalue weighted by Crippen LogP contribution is -2.51. The number of aromatic nitrogens is 1. The summed E-state index contributed by atoms with van der Waals surface area (Å²) in [6.45, 7) is 4.69. The number of hydrogen-bond acceptors (Lipinski definition) is 9. The van der Waals surface area contributed by atoms with Crippen LogP contribution in [0.1, 0.15) is 31.9 Å². The van der Waals surface area contributed by atoms with Gasteiger partial charge in [-0.3, -0.25) is 15.1 Å². The maximum Gasteiger partial charge on any atom is 0.266 e. The number of sulfonamides is 2. The number of hydrogen-bond donors (Lipinski definition) is 4. The van der Waals surface area contributed by atoms with E-state index in [9.17, 15) is 26.0 Å². The lowest BCUT2D eigenvalue weighted by atomic mass is 9.99. The Morgan fingerprint density at radius 1 is 1.09 bits per heavy atom. The molecule has 3 aromatic rings. The van der Waals surface area contributed by atoms with Gasteiger partial charge in [0.15, 0.2) is 0 Å².